The number of nitro groups is 1. The fourth-order valence-corrected chi connectivity index (χ4v) is 1.27. The van der Waals surface area contributed by atoms with Crippen LogP contribution in [0, 0.1) is 28.9 Å². The van der Waals surface area contributed by atoms with Crippen molar-refractivity contribution in [1.82, 2.24) is 4.98 Å². The van der Waals surface area contributed by atoms with Crippen molar-refractivity contribution in [3.8, 4) is 11.8 Å². The highest BCUT2D eigenvalue weighted by atomic mass is 35.5. The maximum atomic E-state index is 10.7. The van der Waals surface area contributed by atoms with Gasteiger partial charge in [0.1, 0.15) is 10.8 Å². The van der Waals surface area contributed by atoms with Gasteiger partial charge >= 0.3 is 0 Å². The van der Waals surface area contributed by atoms with Crippen molar-refractivity contribution in [2.45, 2.75) is 6.92 Å². The van der Waals surface area contributed by atoms with Crippen LogP contribution in [0.4, 0.5) is 5.69 Å². The molecule has 0 aliphatic carbocycles. The Balaban J connectivity index is 3.14. The molecule has 0 bridgehead atoms. The molecule has 0 saturated carbocycles. The number of nitrogens with zero attached hydrogens (tertiary/aromatic N) is 5. The minimum Gasteiger partial charge on any atom is -0.258 e. The van der Waals surface area contributed by atoms with Crippen LogP contribution in [-0.4, -0.2) is 16.5 Å². The predicted molar refractivity (Wildman–Crippen MR) is 61.5 cm³/mol. The molecule has 0 atom stereocenters. The quantitative estimate of drug-likeness (QED) is 0.153. The number of halogens is 1. The molecule has 0 aliphatic heterocycles. The second-order valence-corrected chi connectivity index (χ2v) is 3.24. The summed E-state index contributed by atoms with van der Waals surface area (Å²) in [5.74, 6) is 5.07. The summed E-state index contributed by atoms with van der Waals surface area (Å²) in [6, 6.07) is 1.24. The molecule has 8 heteroatoms. The monoisotopic (exact) mass is 251 g/mol. The topological polar surface area (TPSA) is 105 Å². The van der Waals surface area contributed by atoms with Crippen molar-refractivity contribution in [1.29, 1.82) is 0 Å². The number of hydrogen-bond acceptors (Lipinski definition) is 4. The van der Waals surface area contributed by atoms with Gasteiger partial charge in [-0.25, -0.2) is 4.98 Å². The SMILES string of the molecule is Cc1nc(Cl)c(C#CCN=[N+]=[N-])cc1[N+](=O)[O-]. The average molecular weight is 252 g/mol. The van der Waals surface area contributed by atoms with Crippen LogP contribution in [0.25, 0.3) is 10.4 Å². The Morgan fingerprint density at radius 3 is 3.06 bits per heavy atom. The van der Waals surface area contributed by atoms with Gasteiger partial charge in [-0.2, -0.15) is 0 Å². The summed E-state index contributed by atoms with van der Waals surface area (Å²) in [7, 11) is 0. The van der Waals surface area contributed by atoms with Gasteiger partial charge in [-0.3, -0.25) is 10.1 Å². The fourth-order valence-electron chi connectivity index (χ4n) is 1.04. The lowest BCUT2D eigenvalue weighted by Crippen LogP contribution is -1.96. The number of rotatable bonds is 2. The van der Waals surface area contributed by atoms with Crippen LogP contribution in [0.1, 0.15) is 11.3 Å². The maximum absolute atomic E-state index is 10.7. The Labute approximate surface area is 101 Å². The van der Waals surface area contributed by atoms with Crippen LogP contribution in [0.3, 0.4) is 0 Å². The van der Waals surface area contributed by atoms with Gasteiger partial charge in [0.2, 0.25) is 0 Å². The molecule has 0 amide bonds. The number of hydrogen-bond donors (Lipinski definition) is 0. The van der Waals surface area contributed by atoms with E-state index in [9.17, 15) is 10.1 Å². The van der Waals surface area contributed by atoms with Gasteiger partial charge in [-0.05, 0) is 12.5 Å². The first kappa shape index (κ1) is 12.8. The summed E-state index contributed by atoms with van der Waals surface area (Å²) < 4.78 is 0. The van der Waals surface area contributed by atoms with Gasteiger partial charge in [0.25, 0.3) is 5.69 Å². The highest BCUT2D eigenvalue weighted by molar-refractivity contribution is 6.30. The minimum absolute atomic E-state index is 0.0332. The molecular weight excluding hydrogens is 246 g/mol. The summed E-state index contributed by atoms with van der Waals surface area (Å²) in [4.78, 5) is 16.4. The van der Waals surface area contributed by atoms with E-state index in [1.807, 2.05) is 0 Å². The zero-order valence-electron chi connectivity index (χ0n) is 8.71. The van der Waals surface area contributed by atoms with E-state index >= 15 is 0 Å². The summed E-state index contributed by atoms with van der Waals surface area (Å²) in [5, 5.41) is 14.0. The lowest BCUT2D eigenvalue weighted by atomic mass is 10.2. The molecule has 0 aromatic carbocycles. The number of azide groups is 1. The van der Waals surface area contributed by atoms with Crippen LogP contribution < -0.4 is 0 Å². The fraction of sp³-hybridized carbons (Fsp3) is 0.222. The highest BCUT2D eigenvalue weighted by Crippen LogP contribution is 2.22. The second kappa shape index (κ2) is 5.70. The molecule has 86 valence electrons. The summed E-state index contributed by atoms with van der Waals surface area (Å²) in [6.45, 7) is 1.45. The third kappa shape index (κ3) is 3.34. The van der Waals surface area contributed by atoms with E-state index in [0.717, 1.165) is 0 Å². The van der Waals surface area contributed by atoms with Gasteiger partial charge < -0.3 is 0 Å². The molecule has 0 radical (unpaired) electrons. The third-order valence-corrected chi connectivity index (χ3v) is 2.06. The molecule has 0 spiro atoms. The van der Waals surface area contributed by atoms with Crippen molar-refractivity contribution >= 4 is 17.3 Å². The lowest BCUT2D eigenvalue weighted by Gasteiger charge is -1.99. The number of pyridine rings is 1. The first-order chi connectivity index (χ1) is 8.06. The summed E-state index contributed by atoms with van der Waals surface area (Å²) in [5.41, 5.74) is 8.34. The third-order valence-electron chi connectivity index (χ3n) is 1.77. The molecular formula is C9H6ClN5O2. The van der Waals surface area contributed by atoms with Crippen LogP contribution in [0.15, 0.2) is 11.2 Å². The molecule has 0 fully saturated rings. The predicted octanol–water partition coefficient (Wildman–Crippen LogP) is 2.61. The Hall–Kier alpha value is -2.29. The standard InChI is InChI=1S/C9H6ClN5O2/c1-6-8(15(16)17)5-7(9(10)13-6)3-2-4-12-14-11/h5H,4H2,1H3. The van der Waals surface area contributed by atoms with Crippen LogP contribution >= 0.6 is 11.6 Å². The highest BCUT2D eigenvalue weighted by Gasteiger charge is 2.14. The number of aryl methyl sites for hydroxylation is 1. The Kier molecular flexibility index (Phi) is 4.29. The van der Waals surface area contributed by atoms with Crippen molar-refractivity contribution in [3.05, 3.63) is 43.0 Å². The molecule has 0 aliphatic rings. The van der Waals surface area contributed by atoms with E-state index in [4.69, 9.17) is 17.1 Å². The van der Waals surface area contributed by atoms with Crippen molar-refractivity contribution in [2.75, 3.05) is 6.54 Å². The summed E-state index contributed by atoms with van der Waals surface area (Å²) >= 11 is 5.78. The van der Waals surface area contributed by atoms with Gasteiger partial charge in [-0.15, -0.1) is 0 Å². The van der Waals surface area contributed by atoms with Gasteiger partial charge in [0, 0.05) is 11.0 Å². The molecule has 1 heterocycles. The average Bonchev–Trinajstić information content (AvgIpc) is 2.26. The van der Waals surface area contributed by atoms with Gasteiger partial charge in [-0.1, -0.05) is 28.6 Å². The Morgan fingerprint density at radius 2 is 2.47 bits per heavy atom. The van der Waals surface area contributed by atoms with Crippen LogP contribution in [0.2, 0.25) is 5.15 Å². The van der Waals surface area contributed by atoms with E-state index in [0.29, 0.717) is 0 Å². The van der Waals surface area contributed by atoms with E-state index in [1.165, 1.54) is 13.0 Å². The van der Waals surface area contributed by atoms with E-state index in [-0.39, 0.29) is 28.6 Å². The van der Waals surface area contributed by atoms with Crippen molar-refractivity contribution in [2.24, 2.45) is 5.11 Å². The summed E-state index contributed by atoms with van der Waals surface area (Å²) in [6.07, 6.45) is 0. The molecule has 1 aromatic rings. The van der Waals surface area contributed by atoms with E-state index in [2.05, 4.69) is 26.9 Å². The largest absolute Gasteiger partial charge is 0.291 e. The molecule has 0 N–H and O–H groups in total. The molecule has 1 rings (SSSR count). The van der Waals surface area contributed by atoms with E-state index < -0.39 is 4.92 Å². The normalized spacial score (nSPS) is 8.82. The maximum Gasteiger partial charge on any atom is 0.291 e. The molecule has 0 unspecified atom stereocenters. The molecule has 7 nitrogen and oxygen atoms in total. The lowest BCUT2D eigenvalue weighted by molar-refractivity contribution is -0.385. The zero-order valence-corrected chi connectivity index (χ0v) is 9.47. The molecule has 17 heavy (non-hydrogen) atoms. The minimum atomic E-state index is -0.558. The molecule has 1 aromatic heterocycles. The Morgan fingerprint density at radius 1 is 1.76 bits per heavy atom. The smallest absolute Gasteiger partial charge is 0.258 e. The van der Waals surface area contributed by atoms with Crippen molar-refractivity contribution in [3.63, 3.8) is 0 Å². The van der Waals surface area contributed by atoms with Gasteiger partial charge in [0.05, 0.1) is 17.0 Å². The van der Waals surface area contributed by atoms with Crippen molar-refractivity contribution < 1.29 is 4.92 Å². The molecule has 0 saturated heterocycles. The van der Waals surface area contributed by atoms with Crippen LogP contribution in [-0.2, 0) is 0 Å². The second-order valence-electron chi connectivity index (χ2n) is 2.88. The van der Waals surface area contributed by atoms with Gasteiger partial charge in [0.15, 0.2) is 0 Å². The zero-order chi connectivity index (χ0) is 12.8. The number of aromatic nitrogens is 1. The van der Waals surface area contributed by atoms with Crippen LogP contribution in [0.5, 0.6) is 0 Å². The van der Waals surface area contributed by atoms with E-state index in [1.54, 1.807) is 0 Å². The first-order valence-corrected chi connectivity index (χ1v) is 4.75. The Bertz CT molecular complexity index is 569. The first-order valence-electron chi connectivity index (χ1n) is 4.37.